The summed E-state index contributed by atoms with van der Waals surface area (Å²) >= 11 is 0.422. The Morgan fingerprint density at radius 2 is 1.81 bits per heavy atom. The van der Waals surface area contributed by atoms with E-state index in [0.717, 1.165) is 5.52 Å². The molecule has 0 aliphatic heterocycles. The third kappa shape index (κ3) is 4.65. The lowest BCUT2D eigenvalue weighted by Gasteiger charge is -2.13. The minimum Gasteiger partial charge on any atom is -0.449 e. The Morgan fingerprint density at radius 1 is 1.11 bits per heavy atom. The monoisotopic (exact) mass is 390 g/mol. The van der Waals surface area contributed by atoms with Gasteiger partial charge in [-0.25, -0.2) is 4.79 Å². The maximum absolute atomic E-state index is 12.3. The summed E-state index contributed by atoms with van der Waals surface area (Å²) in [6.07, 6.45) is 0.512. The van der Waals surface area contributed by atoms with Gasteiger partial charge >= 0.3 is 5.97 Å². The van der Waals surface area contributed by atoms with Crippen LogP contribution in [0.4, 0.5) is 14.5 Å². The van der Waals surface area contributed by atoms with Gasteiger partial charge in [-0.2, -0.15) is 8.78 Å². The van der Waals surface area contributed by atoms with Crippen LogP contribution in [0.2, 0.25) is 0 Å². The molecule has 0 aliphatic rings. The molecule has 3 rings (SSSR count). The summed E-state index contributed by atoms with van der Waals surface area (Å²) in [6, 6.07) is 13.2. The van der Waals surface area contributed by atoms with Crippen LogP contribution in [-0.4, -0.2) is 28.7 Å². The lowest BCUT2D eigenvalue weighted by atomic mass is 10.2. The van der Waals surface area contributed by atoms with Crippen molar-refractivity contribution in [1.29, 1.82) is 0 Å². The van der Waals surface area contributed by atoms with E-state index >= 15 is 0 Å². The number of ether oxygens (including phenoxy) is 1. The third-order valence-corrected chi connectivity index (χ3v) is 4.53. The van der Waals surface area contributed by atoms with Crippen molar-refractivity contribution in [3.8, 4) is 0 Å². The van der Waals surface area contributed by atoms with Gasteiger partial charge in [0.2, 0.25) is 0 Å². The molecule has 8 heteroatoms. The van der Waals surface area contributed by atoms with Gasteiger partial charge in [0.1, 0.15) is 0 Å². The fourth-order valence-corrected chi connectivity index (χ4v) is 2.98. The minimum absolute atomic E-state index is 0.346. The van der Waals surface area contributed by atoms with E-state index in [1.54, 1.807) is 12.1 Å². The summed E-state index contributed by atoms with van der Waals surface area (Å²) in [6.45, 7) is 1.46. The maximum Gasteiger partial charge on any atom is 0.341 e. The highest BCUT2D eigenvalue weighted by Crippen LogP contribution is 2.26. The smallest absolute Gasteiger partial charge is 0.341 e. The number of thioether (sulfide) groups is 1. The number of benzene rings is 2. The quantitative estimate of drug-likeness (QED) is 0.474. The number of aromatic nitrogens is 1. The summed E-state index contributed by atoms with van der Waals surface area (Å²) in [5.74, 6) is -3.63. The molecular formula is C19H16F2N2O3S. The number of hydrogen-bond acceptors (Lipinski definition) is 4. The van der Waals surface area contributed by atoms with Crippen LogP contribution in [0.1, 0.15) is 17.3 Å². The lowest BCUT2D eigenvalue weighted by molar-refractivity contribution is -0.123. The first kappa shape index (κ1) is 18.9. The van der Waals surface area contributed by atoms with Crippen LogP contribution in [0.15, 0.2) is 59.6 Å². The van der Waals surface area contributed by atoms with Gasteiger partial charge in [-0.1, -0.05) is 30.0 Å². The molecule has 27 heavy (non-hydrogen) atoms. The van der Waals surface area contributed by atoms with E-state index < -0.39 is 23.7 Å². The number of aromatic amines is 1. The van der Waals surface area contributed by atoms with Gasteiger partial charge in [-0.05, 0) is 37.3 Å². The van der Waals surface area contributed by atoms with Gasteiger partial charge in [0, 0.05) is 27.7 Å². The summed E-state index contributed by atoms with van der Waals surface area (Å²) in [5.41, 5.74) is 1.57. The van der Waals surface area contributed by atoms with Gasteiger partial charge in [0.15, 0.2) is 6.10 Å². The van der Waals surface area contributed by atoms with E-state index in [9.17, 15) is 18.4 Å². The average molecular weight is 390 g/mol. The molecule has 0 bridgehead atoms. The van der Waals surface area contributed by atoms with Crippen LogP contribution in [0.3, 0.4) is 0 Å². The van der Waals surface area contributed by atoms with Crippen molar-refractivity contribution >= 4 is 40.2 Å². The minimum atomic E-state index is -2.51. The number of anilines is 1. The predicted octanol–water partition coefficient (Wildman–Crippen LogP) is 4.67. The van der Waals surface area contributed by atoms with E-state index in [4.69, 9.17) is 4.74 Å². The molecule has 0 saturated heterocycles. The van der Waals surface area contributed by atoms with Crippen LogP contribution in [0.25, 0.3) is 10.9 Å². The SMILES string of the molecule is C[C@@H](OC(=O)c1c[nH]c2ccccc12)C(=O)Nc1ccc(SC(F)F)cc1. The van der Waals surface area contributed by atoms with Crippen LogP contribution >= 0.6 is 11.8 Å². The largest absolute Gasteiger partial charge is 0.449 e. The second kappa shape index (κ2) is 8.22. The predicted molar refractivity (Wildman–Crippen MR) is 100 cm³/mol. The number of nitrogens with one attached hydrogen (secondary N) is 2. The number of para-hydroxylation sites is 1. The molecule has 0 spiro atoms. The van der Waals surface area contributed by atoms with Crippen molar-refractivity contribution in [1.82, 2.24) is 4.98 Å². The van der Waals surface area contributed by atoms with Crippen LogP contribution in [0, 0.1) is 0 Å². The molecule has 0 unspecified atom stereocenters. The summed E-state index contributed by atoms with van der Waals surface area (Å²) in [5, 5.41) is 3.30. The molecule has 1 aromatic heterocycles. The summed E-state index contributed by atoms with van der Waals surface area (Å²) in [7, 11) is 0. The molecule has 0 aliphatic carbocycles. The molecule has 0 radical (unpaired) electrons. The van der Waals surface area contributed by atoms with Gasteiger partial charge in [-0.3, -0.25) is 4.79 Å². The van der Waals surface area contributed by atoms with Gasteiger partial charge < -0.3 is 15.0 Å². The van der Waals surface area contributed by atoms with Crippen molar-refractivity contribution in [2.75, 3.05) is 5.32 Å². The number of rotatable bonds is 6. The fourth-order valence-electron chi connectivity index (χ4n) is 2.48. The standard InChI is InChI=1S/C19H16F2N2O3S/c1-11(17(24)23-12-6-8-13(9-7-12)27-19(20)21)26-18(25)15-10-22-16-5-3-2-4-14(15)16/h2-11,19,22H,1H3,(H,23,24)/t11-/m1/s1. The molecule has 1 amide bonds. The van der Waals surface area contributed by atoms with E-state index in [1.165, 1.54) is 37.4 Å². The highest BCUT2D eigenvalue weighted by molar-refractivity contribution is 7.99. The fraction of sp³-hybridized carbons (Fsp3) is 0.158. The Balaban J connectivity index is 1.61. The molecule has 1 atom stereocenters. The first-order valence-corrected chi connectivity index (χ1v) is 8.95. The van der Waals surface area contributed by atoms with E-state index in [0.29, 0.717) is 33.3 Å². The van der Waals surface area contributed by atoms with Crippen LogP contribution in [0.5, 0.6) is 0 Å². The molecule has 3 aromatic rings. The number of fused-ring (bicyclic) bond motifs is 1. The maximum atomic E-state index is 12.3. The Morgan fingerprint density at radius 3 is 2.52 bits per heavy atom. The molecule has 1 heterocycles. The Labute approximate surface area is 158 Å². The van der Waals surface area contributed by atoms with Gasteiger partial charge in [-0.15, -0.1) is 0 Å². The second-order valence-electron chi connectivity index (χ2n) is 5.69. The van der Waals surface area contributed by atoms with Crippen LogP contribution in [-0.2, 0) is 9.53 Å². The van der Waals surface area contributed by atoms with Gasteiger partial charge in [0.25, 0.3) is 11.7 Å². The average Bonchev–Trinajstić information content (AvgIpc) is 3.07. The molecule has 5 nitrogen and oxygen atoms in total. The van der Waals surface area contributed by atoms with Crippen molar-refractivity contribution in [2.45, 2.75) is 23.7 Å². The first-order valence-electron chi connectivity index (χ1n) is 8.07. The number of hydrogen-bond donors (Lipinski definition) is 2. The Hall–Kier alpha value is -2.87. The highest BCUT2D eigenvalue weighted by atomic mass is 32.2. The van der Waals surface area contributed by atoms with E-state index in [1.807, 2.05) is 12.1 Å². The molecule has 140 valence electrons. The van der Waals surface area contributed by atoms with E-state index in [2.05, 4.69) is 10.3 Å². The number of carbonyl (C=O) groups is 2. The zero-order valence-electron chi connectivity index (χ0n) is 14.2. The Kier molecular flexibility index (Phi) is 5.75. The molecule has 2 N–H and O–H groups in total. The number of esters is 1. The normalized spacial score (nSPS) is 12.1. The van der Waals surface area contributed by atoms with Crippen molar-refractivity contribution < 1.29 is 23.1 Å². The highest BCUT2D eigenvalue weighted by Gasteiger charge is 2.21. The second-order valence-corrected chi connectivity index (χ2v) is 6.75. The van der Waals surface area contributed by atoms with Crippen LogP contribution < -0.4 is 5.32 Å². The third-order valence-electron chi connectivity index (χ3n) is 3.81. The van der Waals surface area contributed by atoms with Crippen molar-refractivity contribution in [3.05, 3.63) is 60.3 Å². The topological polar surface area (TPSA) is 71.2 Å². The number of alkyl halides is 2. The Bertz CT molecular complexity index is 957. The van der Waals surface area contributed by atoms with E-state index in [-0.39, 0.29) is 0 Å². The van der Waals surface area contributed by atoms with Gasteiger partial charge in [0.05, 0.1) is 5.56 Å². The molecule has 2 aromatic carbocycles. The zero-order chi connectivity index (χ0) is 19.4. The summed E-state index contributed by atoms with van der Waals surface area (Å²) < 4.78 is 29.9. The number of halogens is 2. The molecule has 0 fully saturated rings. The lowest BCUT2D eigenvalue weighted by Crippen LogP contribution is -2.29. The molecule has 0 saturated carbocycles. The number of H-pyrrole nitrogens is 1. The first-order chi connectivity index (χ1) is 12.9. The van der Waals surface area contributed by atoms with Crippen molar-refractivity contribution in [3.63, 3.8) is 0 Å². The summed E-state index contributed by atoms with van der Waals surface area (Å²) in [4.78, 5) is 27.9. The number of carbonyl (C=O) groups excluding carboxylic acids is 2. The van der Waals surface area contributed by atoms with Crippen molar-refractivity contribution in [2.24, 2.45) is 0 Å². The zero-order valence-corrected chi connectivity index (χ0v) is 15.1. The molecular weight excluding hydrogens is 374 g/mol. The number of amides is 1.